The Bertz CT molecular complexity index is 643. The summed E-state index contributed by atoms with van der Waals surface area (Å²) < 4.78 is 7.40. The molecule has 4 rings (SSSR count). The average molecular weight is 269 g/mol. The lowest BCUT2D eigenvalue weighted by atomic mass is 10.0. The van der Waals surface area contributed by atoms with Crippen molar-refractivity contribution in [1.82, 2.24) is 15.1 Å². The van der Waals surface area contributed by atoms with Crippen molar-refractivity contribution in [3.05, 3.63) is 41.1 Å². The van der Waals surface area contributed by atoms with Gasteiger partial charge in [0.1, 0.15) is 0 Å². The van der Waals surface area contributed by atoms with Gasteiger partial charge in [0.15, 0.2) is 0 Å². The Morgan fingerprint density at radius 1 is 1.30 bits per heavy atom. The van der Waals surface area contributed by atoms with Crippen LogP contribution in [-0.2, 0) is 31.5 Å². The lowest BCUT2D eigenvalue weighted by Gasteiger charge is -2.05. The largest absolute Gasteiger partial charge is 0.372 e. The highest BCUT2D eigenvalue weighted by molar-refractivity contribution is 5.64. The molecular weight excluding hydrogens is 250 g/mol. The molecule has 1 fully saturated rings. The summed E-state index contributed by atoms with van der Waals surface area (Å²) in [6, 6.07) is 7.28. The number of nitrogens with zero attached hydrogens (tertiary/aromatic N) is 2. The molecule has 20 heavy (non-hydrogen) atoms. The van der Waals surface area contributed by atoms with Crippen molar-refractivity contribution in [3.8, 4) is 11.3 Å². The van der Waals surface area contributed by atoms with E-state index >= 15 is 0 Å². The first-order chi connectivity index (χ1) is 9.79. The summed E-state index contributed by atoms with van der Waals surface area (Å²) >= 11 is 0. The van der Waals surface area contributed by atoms with Crippen molar-refractivity contribution in [3.63, 3.8) is 0 Å². The topological polar surface area (TPSA) is 39.1 Å². The van der Waals surface area contributed by atoms with Crippen LogP contribution in [-0.4, -0.2) is 15.8 Å². The van der Waals surface area contributed by atoms with E-state index in [4.69, 9.17) is 4.74 Å². The van der Waals surface area contributed by atoms with Gasteiger partial charge < -0.3 is 10.1 Å². The number of benzene rings is 1. The van der Waals surface area contributed by atoms with Crippen molar-refractivity contribution in [2.75, 3.05) is 0 Å². The average Bonchev–Trinajstić information content (AvgIpc) is 3.03. The number of aromatic nitrogens is 2. The van der Waals surface area contributed by atoms with E-state index in [1.807, 2.05) is 11.7 Å². The lowest BCUT2D eigenvalue weighted by Crippen LogP contribution is -2.15. The van der Waals surface area contributed by atoms with Gasteiger partial charge in [0.25, 0.3) is 0 Å². The van der Waals surface area contributed by atoms with E-state index in [-0.39, 0.29) is 0 Å². The number of aryl methyl sites for hydroxylation is 1. The molecule has 1 N–H and O–H groups in total. The third-order valence-corrected chi connectivity index (χ3v) is 4.06. The lowest BCUT2D eigenvalue weighted by molar-refractivity contribution is 0.134. The first-order valence-electron chi connectivity index (χ1n) is 7.25. The SMILES string of the molecule is Cn1cc(CNC2CC2)c(-c2ccc3c(c2)COC3)n1. The maximum absolute atomic E-state index is 5.49. The Labute approximate surface area is 118 Å². The molecule has 0 saturated heterocycles. The van der Waals surface area contributed by atoms with Gasteiger partial charge in [-0.2, -0.15) is 5.10 Å². The van der Waals surface area contributed by atoms with Gasteiger partial charge in [0, 0.05) is 37.0 Å². The molecule has 4 nitrogen and oxygen atoms in total. The minimum absolute atomic E-state index is 0.719. The smallest absolute Gasteiger partial charge is 0.0968 e. The zero-order valence-electron chi connectivity index (χ0n) is 11.7. The van der Waals surface area contributed by atoms with Crippen LogP contribution in [0.25, 0.3) is 11.3 Å². The standard InChI is InChI=1S/C16H19N3O/c1-19-8-14(7-17-15-4-5-15)16(18-19)11-2-3-12-9-20-10-13(12)6-11/h2-3,6,8,15,17H,4-5,7,9-10H2,1H3. The fourth-order valence-electron chi connectivity index (χ4n) is 2.77. The van der Waals surface area contributed by atoms with Crippen molar-refractivity contribution >= 4 is 0 Å². The molecule has 104 valence electrons. The quantitative estimate of drug-likeness (QED) is 0.926. The number of rotatable bonds is 4. The van der Waals surface area contributed by atoms with E-state index in [1.165, 1.54) is 35.1 Å². The molecule has 1 aromatic carbocycles. The number of hydrogen-bond acceptors (Lipinski definition) is 3. The molecule has 0 unspecified atom stereocenters. The Hall–Kier alpha value is -1.65. The van der Waals surface area contributed by atoms with E-state index in [0.717, 1.165) is 31.5 Å². The molecule has 1 aromatic heterocycles. The highest BCUT2D eigenvalue weighted by Gasteiger charge is 2.21. The Kier molecular flexibility index (Phi) is 2.86. The first-order valence-corrected chi connectivity index (χ1v) is 7.25. The fourth-order valence-corrected chi connectivity index (χ4v) is 2.77. The molecular formula is C16H19N3O. The maximum atomic E-state index is 5.49. The summed E-state index contributed by atoms with van der Waals surface area (Å²) in [6.45, 7) is 2.38. The highest BCUT2D eigenvalue weighted by atomic mass is 16.5. The zero-order chi connectivity index (χ0) is 13.5. The summed E-state index contributed by atoms with van der Waals surface area (Å²) in [5.41, 5.74) is 6.17. The summed E-state index contributed by atoms with van der Waals surface area (Å²) in [5, 5.41) is 8.21. The summed E-state index contributed by atoms with van der Waals surface area (Å²) in [5.74, 6) is 0. The van der Waals surface area contributed by atoms with Crippen LogP contribution < -0.4 is 5.32 Å². The number of nitrogens with one attached hydrogen (secondary N) is 1. The molecule has 2 aromatic rings. The molecule has 1 aliphatic heterocycles. The van der Waals surface area contributed by atoms with E-state index in [1.54, 1.807) is 0 Å². The highest BCUT2D eigenvalue weighted by Crippen LogP contribution is 2.28. The normalized spacial score (nSPS) is 17.4. The van der Waals surface area contributed by atoms with Crippen LogP contribution in [0.2, 0.25) is 0 Å². The molecule has 2 heterocycles. The molecule has 0 bridgehead atoms. The second-order valence-corrected chi connectivity index (χ2v) is 5.81. The van der Waals surface area contributed by atoms with E-state index in [0.29, 0.717) is 0 Å². The third-order valence-electron chi connectivity index (χ3n) is 4.06. The summed E-state index contributed by atoms with van der Waals surface area (Å²) in [6.07, 6.45) is 4.74. The Morgan fingerprint density at radius 3 is 3.00 bits per heavy atom. The van der Waals surface area contributed by atoms with Gasteiger partial charge >= 0.3 is 0 Å². The molecule has 0 atom stereocenters. The van der Waals surface area contributed by atoms with E-state index < -0.39 is 0 Å². The van der Waals surface area contributed by atoms with Crippen LogP contribution >= 0.6 is 0 Å². The first kappa shape index (κ1) is 12.1. The Balaban J connectivity index is 1.66. The van der Waals surface area contributed by atoms with Gasteiger partial charge in [-0.3, -0.25) is 4.68 Å². The van der Waals surface area contributed by atoms with Gasteiger partial charge in [-0.1, -0.05) is 12.1 Å². The predicted molar refractivity (Wildman–Crippen MR) is 77.0 cm³/mol. The molecule has 2 aliphatic rings. The molecule has 0 radical (unpaired) electrons. The molecule has 1 aliphatic carbocycles. The van der Waals surface area contributed by atoms with Gasteiger partial charge in [-0.05, 0) is 30.0 Å². The van der Waals surface area contributed by atoms with Crippen LogP contribution in [0.5, 0.6) is 0 Å². The molecule has 4 heteroatoms. The maximum Gasteiger partial charge on any atom is 0.0968 e. The zero-order valence-corrected chi connectivity index (χ0v) is 11.7. The van der Waals surface area contributed by atoms with Crippen molar-refractivity contribution in [2.45, 2.75) is 38.6 Å². The van der Waals surface area contributed by atoms with Gasteiger partial charge in [-0.25, -0.2) is 0 Å². The summed E-state index contributed by atoms with van der Waals surface area (Å²) in [4.78, 5) is 0. The van der Waals surface area contributed by atoms with E-state index in [2.05, 4.69) is 34.8 Å². The van der Waals surface area contributed by atoms with Crippen LogP contribution in [0, 0.1) is 0 Å². The second-order valence-electron chi connectivity index (χ2n) is 5.81. The van der Waals surface area contributed by atoms with Crippen molar-refractivity contribution < 1.29 is 4.74 Å². The fraction of sp³-hybridized carbons (Fsp3) is 0.438. The predicted octanol–water partition coefficient (Wildman–Crippen LogP) is 2.37. The number of ether oxygens (including phenoxy) is 1. The van der Waals surface area contributed by atoms with E-state index in [9.17, 15) is 0 Å². The van der Waals surface area contributed by atoms with Crippen molar-refractivity contribution in [1.29, 1.82) is 0 Å². The minimum Gasteiger partial charge on any atom is -0.372 e. The minimum atomic E-state index is 0.719. The van der Waals surface area contributed by atoms with Crippen LogP contribution in [0.3, 0.4) is 0 Å². The number of fused-ring (bicyclic) bond motifs is 1. The number of hydrogen-bond donors (Lipinski definition) is 1. The van der Waals surface area contributed by atoms with Gasteiger partial charge in [0.05, 0.1) is 18.9 Å². The van der Waals surface area contributed by atoms with Gasteiger partial charge in [0.2, 0.25) is 0 Å². The van der Waals surface area contributed by atoms with Crippen LogP contribution in [0.4, 0.5) is 0 Å². The second kappa shape index (κ2) is 4.72. The third kappa shape index (κ3) is 2.25. The van der Waals surface area contributed by atoms with Gasteiger partial charge in [-0.15, -0.1) is 0 Å². The molecule has 0 amide bonds. The molecule has 1 saturated carbocycles. The Morgan fingerprint density at radius 2 is 2.15 bits per heavy atom. The van der Waals surface area contributed by atoms with Crippen molar-refractivity contribution in [2.24, 2.45) is 7.05 Å². The molecule has 0 spiro atoms. The summed E-state index contributed by atoms with van der Waals surface area (Å²) in [7, 11) is 1.99. The van der Waals surface area contributed by atoms with Crippen LogP contribution in [0.1, 0.15) is 29.5 Å². The monoisotopic (exact) mass is 269 g/mol. The van der Waals surface area contributed by atoms with Crippen LogP contribution in [0.15, 0.2) is 24.4 Å².